The van der Waals surface area contributed by atoms with Crippen LogP contribution in [0.3, 0.4) is 0 Å². The lowest BCUT2D eigenvalue weighted by Crippen LogP contribution is -2.30. The van der Waals surface area contributed by atoms with E-state index in [1.54, 1.807) is 18.2 Å². The number of hydrogen-bond donors (Lipinski definition) is 3. The molecule has 2 aromatic heterocycles. The van der Waals surface area contributed by atoms with E-state index in [2.05, 4.69) is 25.7 Å². The Morgan fingerprint density at radius 2 is 1.71 bits per heavy atom. The van der Waals surface area contributed by atoms with Crippen LogP contribution in [0, 0.1) is 0 Å². The Morgan fingerprint density at radius 3 is 2.50 bits per heavy atom. The molecule has 6 rings (SSSR count). The largest absolute Gasteiger partial charge is 0.507 e. The standard InChI is InChI=1S/C29H24N6O3/c36-27-13-12-20(32-28(37)25-17-30-22-8-4-5-9-23(22)33-25)14-21(27)24-15-26(19-10-11-19)35(34-24)29(38)31-16-18-6-2-1-3-7-18/h1-9,12-15,17,19,36H,10-11,16H2,(H,31,38)(H,32,37). The highest BCUT2D eigenvalue weighted by Gasteiger charge is 2.31. The van der Waals surface area contributed by atoms with Gasteiger partial charge in [0, 0.05) is 23.7 Å². The Hall–Kier alpha value is -5.05. The van der Waals surface area contributed by atoms with Crippen molar-refractivity contribution in [2.75, 3.05) is 5.32 Å². The highest BCUT2D eigenvalue weighted by Crippen LogP contribution is 2.42. The molecule has 9 heteroatoms. The number of nitrogens with one attached hydrogen (secondary N) is 2. The molecule has 0 saturated heterocycles. The van der Waals surface area contributed by atoms with E-state index < -0.39 is 5.91 Å². The van der Waals surface area contributed by atoms with Crippen molar-refractivity contribution in [3.05, 3.63) is 102 Å². The van der Waals surface area contributed by atoms with E-state index >= 15 is 0 Å². The number of fused-ring (bicyclic) bond motifs is 1. The maximum absolute atomic E-state index is 13.0. The van der Waals surface area contributed by atoms with Crippen LogP contribution < -0.4 is 10.6 Å². The van der Waals surface area contributed by atoms with Gasteiger partial charge in [-0.25, -0.2) is 9.78 Å². The summed E-state index contributed by atoms with van der Waals surface area (Å²) in [4.78, 5) is 34.6. The first-order chi connectivity index (χ1) is 18.5. The third-order valence-corrected chi connectivity index (χ3v) is 6.42. The quantitative estimate of drug-likeness (QED) is 0.277. The minimum atomic E-state index is -0.426. The third kappa shape index (κ3) is 4.81. The van der Waals surface area contributed by atoms with Crippen molar-refractivity contribution < 1.29 is 14.7 Å². The molecule has 1 aliphatic rings. The summed E-state index contributed by atoms with van der Waals surface area (Å²) in [5.41, 5.74) is 4.58. The van der Waals surface area contributed by atoms with Crippen LogP contribution in [-0.4, -0.2) is 36.8 Å². The monoisotopic (exact) mass is 504 g/mol. The number of phenolic OH excluding ortho intramolecular Hbond substituents is 1. The van der Waals surface area contributed by atoms with E-state index in [0.717, 1.165) is 24.1 Å². The molecule has 3 aromatic carbocycles. The normalized spacial score (nSPS) is 12.8. The minimum Gasteiger partial charge on any atom is -0.507 e. The molecule has 0 bridgehead atoms. The summed E-state index contributed by atoms with van der Waals surface area (Å²) in [5.74, 6) is -0.190. The molecule has 1 saturated carbocycles. The highest BCUT2D eigenvalue weighted by molar-refractivity contribution is 6.04. The molecule has 2 heterocycles. The van der Waals surface area contributed by atoms with Gasteiger partial charge in [0.05, 0.1) is 28.6 Å². The van der Waals surface area contributed by atoms with Gasteiger partial charge in [-0.1, -0.05) is 42.5 Å². The number of aromatic nitrogens is 4. The SMILES string of the molecule is O=C(Nc1ccc(O)c(-c2cc(C3CC3)n(C(=O)NCc3ccccc3)n2)c1)c1cnc2ccccc2n1. The fraction of sp³-hybridized carbons (Fsp3) is 0.138. The molecule has 0 radical (unpaired) electrons. The number of nitrogens with zero attached hydrogens (tertiary/aromatic N) is 4. The average molecular weight is 505 g/mol. The molecular formula is C29H24N6O3. The summed E-state index contributed by atoms with van der Waals surface area (Å²) < 4.78 is 1.38. The molecule has 1 fully saturated rings. The Bertz CT molecular complexity index is 1660. The summed E-state index contributed by atoms with van der Waals surface area (Å²) >= 11 is 0. The van der Waals surface area contributed by atoms with Gasteiger partial charge >= 0.3 is 6.03 Å². The lowest BCUT2D eigenvalue weighted by atomic mass is 10.1. The first kappa shape index (κ1) is 23.4. The van der Waals surface area contributed by atoms with Gasteiger partial charge in [-0.2, -0.15) is 9.78 Å². The number of benzene rings is 3. The number of anilines is 1. The zero-order valence-corrected chi connectivity index (χ0v) is 20.3. The zero-order valence-electron chi connectivity index (χ0n) is 20.3. The van der Waals surface area contributed by atoms with Crippen molar-refractivity contribution in [3.63, 3.8) is 0 Å². The summed E-state index contributed by atoms with van der Waals surface area (Å²) in [6, 6.07) is 23.2. The zero-order chi connectivity index (χ0) is 26.1. The minimum absolute atomic E-state index is 0.00909. The summed E-state index contributed by atoms with van der Waals surface area (Å²) in [6.07, 6.45) is 3.38. The number of aromatic hydroxyl groups is 1. The number of carbonyl (C=O) groups is 2. The van der Waals surface area contributed by atoms with E-state index in [1.165, 1.54) is 16.9 Å². The number of carbonyl (C=O) groups excluding carboxylic acids is 2. The highest BCUT2D eigenvalue weighted by atomic mass is 16.3. The van der Waals surface area contributed by atoms with Gasteiger partial charge in [0.1, 0.15) is 11.4 Å². The Morgan fingerprint density at radius 1 is 0.947 bits per heavy atom. The number of amides is 2. The van der Waals surface area contributed by atoms with Gasteiger partial charge in [-0.3, -0.25) is 9.78 Å². The van der Waals surface area contributed by atoms with Crippen molar-refractivity contribution in [1.82, 2.24) is 25.1 Å². The number of hydrogen-bond acceptors (Lipinski definition) is 6. The molecule has 5 aromatic rings. The van der Waals surface area contributed by atoms with Crippen LogP contribution in [0.15, 0.2) is 85.1 Å². The van der Waals surface area contributed by atoms with E-state index in [9.17, 15) is 14.7 Å². The molecule has 0 spiro atoms. The molecule has 0 unspecified atom stereocenters. The summed E-state index contributed by atoms with van der Waals surface area (Å²) in [7, 11) is 0. The van der Waals surface area contributed by atoms with Crippen LogP contribution in [0.2, 0.25) is 0 Å². The lowest BCUT2D eigenvalue weighted by Gasteiger charge is -2.09. The molecular weight excluding hydrogens is 480 g/mol. The van der Waals surface area contributed by atoms with Gasteiger partial charge in [0.2, 0.25) is 0 Å². The lowest BCUT2D eigenvalue weighted by molar-refractivity contribution is 0.102. The Kier molecular flexibility index (Phi) is 6.01. The summed E-state index contributed by atoms with van der Waals surface area (Å²) in [6.45, 7) is 0.378. The topological polar surface area (TPSA) is 122 Å². The van der Waals surface area contributed by atoms with E-state index in [-0.39, 0.29) is 23.4 Å². The van der Waals surface area contributed by atoms with Crippen LogP contribution in [0.5, 0.6) is 5.75 Å². The Balaban J connectivity index is 1.25. The molecule has 1 aliphatic carbocycles. The van der Waals surface area contributed by atoms with Gasteiger partial charge < -0.3 is 15.7 Å². The van der Waals surface area contributed by atoms with Crippen molar-refractivity contribution in [2.45, 2.75) is 25.3 Å². The van der Waals surface area contributed by atoms with E-state index in [4.69, 9.17) is 0 Å². The fourth-order valence-corrected chi connectivity index (χ4v) is 4.29. The van der Waals surface area contributed by atoms with Gasteiger partial charge in [0.25, 0.3) is 5.91 Å². The number of phenols is 1. The van der Waals surface area contributed by atoms with Crippen LogP contribution in [0.4, 0.5) is 10.5 Å². The second kappa shape index (κ2) is 9.78. The molecule has 0 aliphatic heterocycles. The van der Waals surface area contributed by atoms with E-state index in [0.29, 0.717) is 34.5 Å². The molecule has 2 amide bonds. The first-order valence-electron chi connectivity index (χ1n) is 12.3. The first-order valence-corrected chi connectivity index (χ1v) is 12.3. The maximum atomic E-state index is 13.0. The smallest absolute Gasteiger partial charge is 0.342 e. The second-order valence-corrected chi connectivity index (χ2v) is 9.21. The summed E-state index contributed by atoms with van der Waals surface area (Å²) in [5, 5.41) is 20.9. The van der Waals surface area contributed by atoms with Crippen LogP contribution >= 0.6 is 0 Å². The van der Waals surface area contributed by atoms with Crippen molar-refractivity contribution in [1.29, 1.82) is 0 Å². The number of para-hydroxylation sites is 2. The number of rotatable bonds is 6. The average Bonchev–Trinajstić information content (AvgIpc) is 3.71. The molecule has 9 nitrogen and oxygen atoms in total. The van der Waals surface area contributed by atoms with Crippen molar-refractivity contribution in [2.24, 2.45) is 0 Å². The molecule has 188 valence electrons. The van der Waals surface area contributed by atoms with Gasteiger partial charge in [-0.15, -0.1) is 0 Å². The van der Waals surface area contributed by atoms with E-state index in [1.807, 2.05) is 54.6 Å². The third-order valence-electron chi connectivity index (χ3n) is 6.42. The van der Waals surface area contributed by atoms with Gasteiger partial charge in [0.15, 0.2) is 0 Å². The maximum Gasteiger partial charge on any atom is 0.342 e. The molecule has 38 heavy (non-hydrogen) atoms. The predicted molar refractivity (Wildman–Crippen MR) is 143 cm³/mol. The van der Waals surface area contributed by atoms with Crippen molar-refractivity contribution >= 4 is 28.7 Å². The van der Waals surface area contributed by atoms with Crippen LogP contribution in [0.1, 0.15) is 40.5 Å². The predicted octanol–water partition coefficient (Wildman–Crippen LogP) is 5.09. The Labute approximate surface area is 218 Å². The molecule has 3 N–H and O–H groups in total. The van der Waals surface area contributed by atoms with Crippen LogP contribution in [-0.2, 0) is 6.54 Å². The fourth-order valence-electron chi connectivity index (χ4n) is 4.29. The molecule has 0 atom stereocenters. The van der Waals surface area contributed by atoms with Gasteiger partial charge in [-0.05, 0) is 54.8 Å². The van der Waals surface area contributed by atoms with Crippen LogP contribution in [0.25, 0.3) is 22.3 Å². The van der Waals surface area contributed by atoms with Crippen molar-refractivity contribution in [3.8, 4) is 17.0 Å². The second-order valence-electron chi connectivity index (χ2n) is 9.21.